The van der Waals surface area contributed by atoms with Crippen molar-refractivity contribution in [1.82, 2.24) is 19.3 Å². The standard InChI is InChI=1S/C23H28N8O9S2.C2HF3O2/c1-12-18(21(33)31(12)42(36,37)38)27-20(32)19(15-11-41-23(25)26-15)28-40-17(22(34)35)10-39-14-4-5-16-13(8-14)9-29(2)30(16)7-3-6-24;3-2(4,5)1(6)7/h4-5,8-9,11-12,17-18H,3,6-7,10,24H2,1-2H3,(H4-,25,26,27,32,34,35,36,37,38);(H,6,7)/b28-19-;/t12-,17-,18-;/m0./s1. The zero-order valence-electron chi connectivity index (χ0n) is 25.4. The first kappa shape index (κ1) is 38.4. The number of carboxylic acid groups (broad SMARTS) is 2. The number of aliphatic carboxylic acids is 2. The van der Waals surface area contributed by atoms with E-state index in [9.17, 15) is 45.6 Å². The van der Waals surface area contributed by atoms with Gasteiger partial charge in [0, 0.05) is 5.38 Å². The van der Waals surface area contributed by atoms with Crippen LogP contribution in [0.2, 0.25) is 0 Å². The van der Waals surface area contributed by atoms with Crippen LogP contribution in [0.1, 0.15) is 19.0 Å². The number of oxime groups is 1. The van der Waals surface area contributed by atoms with Crippen LogP contribution >= 0.6 is 11.3 Å². The van der Waals surface area contributed by atoms with Crippen LogP contribution in [-0.2, 0) is 47.9 Å². The van der Waals surface area contributed by atoms with Gasteiger partial charge in [0.15, 0.2) is 17.9 Å². The van der Waals surface area contributed by atoms with Gasteiger partial charge in [0.1, 0.15) is 35.6 Å². The molecular weight excluding hydrogens is 709 g/mol. The lowest BCUT2D eigenvalue weighted by atomic mass is 10.0. The molecule has 1 aliphatic heterocycles. The first-order chi connectivity index (χ1) is 22.8. The molecule has 0 aliphatic carbocycles. The number of ether oxygens (including phenoxy) is 1. The minimum Gasteiger partial charge on any atom is -0.542 e. The van der Waals surface area contributed by atoms with E-state index < -0.39 is 70.7 Å². The fourth-order valence-electron chi connectivity index (χ4n) is 4.27. The van der Waals surface area contributed by atoms with Gasteiger partial charge >= 0.3 is 22.4 Å². The number of nitrogens with one attached hydrogen (secondary N) is 1. The predicted octanol–water partition coefficient (Wildman–Crippen LogP) is -2.08. The topological polar surface area (TPSA) is 286 Å². The molecule has 19 nitrogen and oxygen atoms in total. The second-order valence-electron chi connectivity index (χ2n) is 10.0. The SMILES string of the molecule is C[C@H]1[C@H](NC(=O)/C(=N\O[C@@H](COc2ccc3c(c2)c[n+](C)n3CCCN)C(=O)O)c2csc(N)n2)C(=O)N1S(=O)(=O)O.O=C([O-])C(F)(F)F. The molecule has 0 bridgehead atoms. The van der Waals surface area contributed by atoms with E-state index in [0.717, 1.165) is 35.2 Å². The molecule has 1 fully saturated rings. The summed E-state index contributed by atoms with van der Waals surface area (Å²) in [4.78, 5) is 55.0. The van der Waals surface area contributed by atoms with Crippen molar-refractivity contribution in [1.29, 1.82) is 0 Å². The van der Waals surface area contributed by atoms with E-state index in [0.29, 0.717) is 12.3 Å². The average Bonchev–Trinajstić information content (AvgIpc) is 3.56. The van der Waals surface area contributed by atoms with Crippen molar-refractivity contribution in [3.8, 4) is 5.75 Å². The van der Waals surface area contributed by atoms with Gasteiger partial charge in [0.2, 0.25) is 6.20 Å². The largest absolute Gasteiger partial charge is 0.542 e. The van der Waals surface area contributed by atoms with E-state index in [4.69, 9.17) is 30.9 Å². The number of hydrogen-bond acceptors (Lipinski definition) is 14. The first-order valence-electron chi connectivity index (χ1n) is 13.7. The zero-order chi connectivity index (χ0) is 36.8. The van der Waals surface area contributed by atoms with Gasteiger partial charge < -0.3 is 41.4 Å². The molecule has 1 saturated heterocycles. The molecule has 0 radical (unpaired) electrons. The number of carboxylic acids is 2. The summed E-state index contributed by atoms with van der Waals surface area (Å²) in [7, 11) is -2.93. The molecule has 268 valence electrons. The zero-order valence-corrected chi connectivity index (χ0v) is 27.0. The molecule has 2 amide bonds. The van der Waals surface area contributed by atoms with E-state index in [2.05, 4.69) is 15.5 Å². The second-order valence-corrected chi connectivity index (χ2v) is 12.2. The van der Waals surface area contributed by atoms with Gasteiger partial charge in [-0.3, -0.25) is 14.1 Å². The van der Waals surface area contributed by atoms with Crippen LogP contribution in [0.15, 0.2) is 34.9 Å². The van der Waals surface area contributed by atoms with Gasteiger partial charge in [-0.2, -0.15) is 26.3 Å². The number of fused-ring (bicyclic) bond motifs is 1. The Morgan fingerprint density at radius 3 is 2.47 bits per heavy atom. The molecular formula is C25H29F3N8O11S2. The van der Waals surface area contributed by atoms with Gasteiger partial charge in [-0.05, 0) is 38.1 Å². The van der Waals surface area contributed by atoms with Crippen LogP contribution in [0.4, 0.5) is 18.3 Å². The molecule has 49 heavy (non-hydrogen) atoms. The summed E-state index contributed by atoms with van der Waals surface area (Å²) < 4.78 is 73.2. The number of hydrogen-bond donors (Lipinski definition) is 5. The van der Waals surface area contributed by atoms with E-state index >= 15 is 0 Å². The highest BCUT2D eigenvalue weighted by atomic mass is 32.2. The van der Waals surface area contributed by atoms with Crippen molar-refractivity contribution in [3.63, 3.8) is 0 Å². The predicted molar refractivity (Wildman–Crippen MR) is 159 cm³/mol. The number of β-lactam (4-membered cyclic amide) rings is 1. The minimum atomic E-state index is -5.19. The highest BCUT2D eigenvalue weighted by Gasteiger charge is 2.51. The maximum absolute atomic E-state index is 13.0. The Morgan fingerprint density at radius 1 is 1.31 bits per heavy atom. The monoisotopic (exact) mass is 738 g/mol. The summed E-state index contributed by atoms with van der Waals surface area (Å²) >= 11 is 0.962. The second kappa shape index (κ2) is 15.4. The summed E-state index contributed by atoms with van der Waals surface area (Å²) in [5, 5.41) is 26.7. The van der Waals surface area contributed by atoms with E-state index in [1.54, 1.807) is 12.1 Å². The number of aryl methyl sites for hydroxylation is 2. The number of rotatable bonds is 13. The van der Waals surface area contributed by atoms with Gasteiger partial charge in [0.25, 0.3) is 17.9 Å². The Balaban J connectivity index is 0.000000838. The van der Waals surface area contributed by atoms with Crippen LogP contribution in [0.3, 0.4) is 0 Å². The highest BCUT2D eigenvalue weighted by Crippen LogP contribution is 2.24. The van der Waals surface area contributed by atoms with Crippen molar-refractivity contribution >= 4 is 67.1 Å². The van der Waals surface area contributed by atoms with Crippen molar-refractivity contribution in [2.45, 2.75) is 44.3 Å². The number of carbonyl (C=O) groups excluding carboxylic acids is 3. The summed E-state index contributed by atoms with van der Waals surface area (Å²) in [6.45, 7) is 2.07. The van der Waals surface area contributed by atoms with Crippen LogP contribution in [0.25, 0.3) is 10.9 Å². The molecule has 1 aromatic carbocycles. The Hall–Kier alpha value is -5.07. The quantitative estimate of drug-likeness (QED) is 0.0414. The maximum Gasteiger partial charge on any atom is 0.430 e. The summed E-state index contributed by atoms with van der Waals surface area (Å²) in [5.41, 5.74) is 11.6. The molecule has 0 unspecified atom stereocenters. The van der Waals surface area contributed by atoms with E-state index in [1.807, 2.05) is 28.7 Å². The molecule has 4 rings (SSSR count). The van der Waals surface area contributed by atoms with E-state index in [-0.39, 0.29) is 15.1 Å². The fourth-order valence-corrected chi connectivity index (χ4v) is 5.70. The van der Waals surface area contributed by atoms with Gasteiger partial charge in [0.05, 0.1) is 18.0 Å². The average molecular weight is 739 g/mol. The number of nitrogen functional groups attached to an aromatic ring is 1. The number of nitrogens with zero attached hydrogens (tertiary/aromatic N) is 5. The minimum absolute atomic E-state index is 0.0647. The number of anilines is 1. The van der Waals surface area contributed by atoms with Gasteiger partial charge in [-0.1, -0.05) is 5.16 Å². The van der Waals surface area contributed by atoms with Crippen LogP contribution in [0, 0.1) is 0 Å². The molecule has 3 atom stereocenters. The van der Waals surface area contributed by atoms with Crippen LogP contribution in [0.5, 0.6) is 5.75 Å². The number of thiazole rings is 1. The maximum atomic E-state index is 13.0. The highest BCUT2D eigenvalue weighted by molar-refractivity contribution is 7.84. The van der Waals surface area contributed by atoms with Crippen LogP contribution < -0.4 is 31.3 Å². The number of carbonyl (C=O) groups is 4. The van der Waals surface area contributed by atoms with Crippen molar-refractivity contribution < 1.29 is 69.8 Å². The van der Waals surface area contributed by atoms with Gasteiger partial charge in [-0.25, -0.2) is 14.1 Å². The summed E-state index contributed by atoms with van der Waals surface area (Å²) in [6, 6.07) is 2.82. The number of benzene rings is 1. The Bertz CT molecular complexity index is 1860. The molecule has 0 saturated carbocycles. The lowest BCUT2D eigenvalue weighted by Crippen LogP contribution is -2.71. The number of halogens is 3. The molecule has 3 aromatic rings. The number of amides is 2. The Kier molecular flexibility index (Phi) is 12.1. The molecule has 24 heteroatoms. The van der Waals surface area contributed by atoms with Gasteiger partial charge in [-0.15, -0.1) is 16.0 Å². The van der Waals surface area contributed by atoms with Crippen molar-refractivity contribution in [2.24, 2.45) is 17.9 Å². The number of aromatic nitrogens is 3. The Morgan fingerprint density at radius 2 is 1.96 bits per heavy atom. The van der Waals surface area contributed by atoms with E-state index in [1.165, 1.54) is 12.3 Å². The third-order valence-electron chi connectivity index (χ3n) is 6.59. The lowest BCUT2D eigenvalue weighted by Gasteiger charge is -2.42. The number of alkyl halides is 3. The normalized spacial score (nSPS) is 17.1. The molecule has 1 aliphatic rings. The van der Waals surface area contributed by atoms with Crippen molar-refractivity contribution in [3.05, 3.63) is 35.5 Å². The fraction of sp³-hybridized carbons (Fsp3) is 0.400. The lowest BCUT2D eigenvalue weighted by molar-refractivity contribution is -0.751. The number of nitrogens with two attached hydrogens (primary N) is 2. The summed E-state index contributed by atoms with van der Waals surface area (Å²) in [5.74, 6) is -6.18. The molecule has 2 aromatic heterocycles. The molecule has 3 heterocycles. The first-order valence-corrected chi connectivity index (χ1v) is 15.9. The third kappa shape index (κ3) is 9.52. The van der Waals surface area contributed by atoms with Crippen molar-refractivity contribution in [2.75, 3.05) is 18.9 Å². The molecule has 7 N–H and O–H groups in total. The van der Waals surface area contributed by atoms with Crippen LogP contribution in [-0.4, -0.2) is 99.0 Å². The Labute approximate surface area is 278 Å². The third-order valence-corrected chi connectivity index (χ3v) is 8.27. The molecule has 0 spiro atoms. The smallest absolute Gasteiger partial charge is 0.430 e. The summed E-state index contributed by atoms with van der Waals surface area (Å²) in [6.07, 6.45) is -4.17.